The molecule has 0 saturated carbocycles. The second-order valence-electron chi connectivity index (χ2n) is 3.91. The number of hydrogen-bond acceptors (Lipinski definition) is 4. The van der Waals surface area contributed by atoms with Crippen LogP contribution in [0.2, 0.25) is 5.15 Å². The number of nitrogens with one attached hydrogen (secondary N) is 1. The first-order valence-electron chi connectivity index (χ1n) is 5.33. The van der Waals surface area contributed by atoms with Gasteiger partial charge < -0.3 is 9.88 Å². The second kappa shape index (κ2) is 4.76. The van der Waals surface area contributed by atoms with Crippen molar-refractivity contribution in [2.45, 2.75) is 19.9 Å². The van der Waals surface area contributed by atoms with E-state index in [-0.39, 0.29) is 6.04 Å². The molecule has 4 nitrogen and oxygen atoms in total. The first-order chi connectivity index (χ1) is 8.04. The number of nitrogens with zero attached hydrogens (tertiary/aromatic N) is 3. The fourth-order valence-corrected chi connectivity index (χ4v) is 2.82. The molecule has 1 unspecified atom stereocenters. The summed E-state index contributed by atoms with van der Waals surface area (Å²) in [5, 5.41) is 4.89. The summed E-state index contributed by atoms with van der Waals surface area (Å²) >= 11 is 7.70. The van der Waals surface area contributed by atoms with Crippen LogP contribution in [-0.4, -0.2) is 21.6 Å². The third-order valence-corrected chi connectivity index (χ3v) is 4.30. The quantitative estimate of drug-likeness (QED) is 0.932. The van der Waals surface area contributed by atoms with Gasteiger partial charge in [0, 0.05) is 11.9 Å². The molecule has 92 valence electrons. The van der Waals surface area contributed by atoms with Gasteiger partial charge in [0.05, 0.1) is 11.9 Å². The zero-order valence-corrected chi connectivity index (χ0v) is 11.9. The first-order valence-corrected chi connectivity index (χ1v) is 6.52. The Hall–Kier alpha value is -0.910. The van der Waals surface area contributed by atoms with Crippen molar-refractivity contribution in [1.29, 1.82) is 0 Å². The molecule has 6 heteroatoms. The maximum absolute atomic E-state index is 6.01. The third kappa shape index (κ3) is 2.22. The summed E-state index contributed by atoms with van der Waals surface area (Å²) in [6, 6.07) is -0.00935. The molecule has 0 aliphatic carbocycles. The lowest BCUT2D eigenvalue weighted by molar-refractivity contribution is 0.613. The van der Waals surface area contributed by atoms with Gasteiger partial charge >= 0.3 is 0 Å². The van der Waals surface area contributed by atoms with E-state index in [1.807, 2.05) is 25.6 Å². The molecular formula is C11H15ClN4S. The zero-order valence-electron chi connectivity index (χ0n) is 10.3. The molecule has 0 aromatic carbocycles. The number of imidazole rings is 1. The Labute approximate surface area is 110 Å². The maximum atomic E-state index is 6.01. The monoisotopic (exact) mass is 270 g/mol. The van der Waals surface area contributed by atoms with E-state index in [2.05, 4.69) is 22.2 Å². The van der Waals surface area contributed by atoms with Crippen molar-refractivity contribution in [2.75, 3.05) is 7.05 Å². The predicted molar refractivity (Wildman–Crippen MR) is 70.7 cm³/mol. The van der Waals surface area contributed by atoms with Crippen LogP contribution in [0.5, 0.6) is 0 Å². The van der Waals surface area contributed by atoms with Crippen LogP contribution in [0, 0.1) is 13.8 Å². The standard InChI is InChI=1S/C11H15ClN4S/c1-6-7(2)17-11(15-6)9(13-3)10-14-5-8(12)16(10)4/h5,9,13H,1-4H3. The Bertz CT molecular complexity index is 512. The highest BCUT2D eigenvalue weighted by atomic mass is 35.5. The summed E-state index contributed by atoms with van der Waals surface area (Å²) in [7, 11) is 3.81. The Morgan fingerprint density at radius 3 is 2.59 bits per heavy atom. The van der Waals surface area contributed by atoms with Crippen LogP contribution in [0.25, 0.3) is 0 Å². The molecule has 0 radical (unpaired) electrons. The molecule has 0 bridgehead atoms. The molecule has 0 saturated heterocycles. The van der Waals surface area contributed by atoms with Crippen molar-refractivity contribution in [1.82, 2.24) is 19.9 Å². The number of hydrogen-bond donors (Lipinski definition) is 1. The lowest BCUT2D eigenvalue weighted by atomic mass is 10.3. The van der Waals surface area contributed by atoms with E-state index >= 15 is 0 Å². The zero-order chi connectivity index (χ0) is 12.6. The third-order valence-electron chi connectivity index (χ3n) is 2.81. The smallest absolute Gasteiger partial charge is 0.133 e. The number of aryl methyl sites for hydroxylation is 2. The van der Waals surface area contributed by atoms with Gasteiger partial charge in [-0.3, -0.25) is 0 Å². The minimum Gasteiger partial charge on any atom is -0.321 e. The highest BCUT2D eigenvalue weighted by Crippen LogP contribution is 2.27. The van der Waals surface area contributed by atoms with Gasteiger partial charge in [0.25, 0.3) is 0 Å². The highest BCUT2D eigenvalue weighted by molar-refractivity contribution is 7.11. The minimum absolute atomic E-state index is 0.00935. The first kappa shape index (κ1) is 12.5. The Kier molecular flexibility index (Phi) is 3.51. The highest BCUT2D eigenvalue weighted by Gasteiger charge is 2.21. The van der Waals surface area contributed by atoms with Gasteiger partial charge in [-0.05, 0) is 20.9 Å². The molecule has 0 aliphatic rings. The molecular weight excluding hydrogens is 256 g/mol. The van der Waals surface area contributed by atoms with Crippen LogP contribution >= 0.6 is 22.9 Å². The summed E-state index contributed by atoms with van der Waals surface area (Å²) in [6.45, 7) is 4.10. The van der Waals surface area contributed by atoms with Crippen LogP contribution in [-0.2, 0) is 7.05 Å². The SMILES string of the molecule is CNC(c1nc(C)c(C)s1)c1ncc(Cl)n1C. The summed E-state index contributed by atoms with van der Waals surface area (Å²) in [5.41, 5.74) is 1.07. The summed E-state index contributed by atoms with van der Waals surface area (Å²) in [5.74, 6) is 0.881. The average Bonchev–Trinajstić information content (AvgIpc) is 2.78. The fourth-order valence-electron chi connectivity index (χ4n) is 1.65. The van der Waals surface area contributed by atoms with Crippen LogP contribution in [0.1, 0.15) is 27.4 Å². The normalized spacial score (nSPS) is 13.0. The van der Waals surface area contributed by atoms with Crippen molar-refractivity contribution < 1.29 is 0 Å². The second-order valence-corrected chi connectivity index (χ2v) is 5.54. The van der Waals surface area contributed by atoms with E-state index < -0.39 is 0 Å². The minimum atomic E-state index is -0.00935. The fraction of sp³-hybridized carbons (Fsp3) is 0.455. The van der Waals surface area contributed by atoms with E-state index in [1.54, 1.807) is 17.5 Å². The molecule has 2 heterocycles. The maximum Gasteiger partial charge on any atom is 0.133 e. The van der Waals surface area contributed by atoms with E-state index in [9.17, 15) is 0 Å². The van der Waals surface area contributed by atoms with Gasteiger partial charge in [-0.1, -0.05) is 11.6 Å². The molecule has 0 fully saturated rings. The van der Waals surface area contributed by atoms with Crippen molar-refractivity contribution in [3.05, 3.63) is 32.8 Å². The Morgan fingerprint density at radius 1 is 1.47 bits per heavy atom. The summed E-state index contributed by atoms with van der Waals surface area (Å²) in [4.78, 5) is 10.1. The van der Waals surface area contributed by atoms with Crippen molar-refractivity contribution >= 4 is 22.9 Å². The molecule has 1 N–H and O–H groups in total. The molecule has 0 aliphatic heterocycles. The number of rotatable bonds is 3. The molecule has 17 heavy (non-hydrogen) atoms. The van der Waals surface area contributed by atoms with Gasteiger partial charge in [0.15, 0.2) is 0 Å². The van der Waals surface area contributed by atoms with E-state index in [1.165, 1.54) is 4.88 Å². The van der Waals surface area contributed by atoms with Crippen LogP contribution in [0.15, 0.2) is 6.20 Å². The molecule has 0 spiro atoms. The lowest BCUT2D eigenvalue weighted by Gasteiger charge is -2.13. The van der Waals surface area contributed by atoms with Crippen molar-refractivity contribution in [3.63, 3.8) is 0 Å². The molecule has 2 aromatic heterocycles. The van der Waals surface area contributed by atoms with E-state index in [0.29, 0.717) is 5.15 Å². The van der Waals surface area contributed by atoms with Crippen LogP contribution in [0.3, 0.4) is 0 Å². The van der Waals surface area contributed by atoms with E-state index in [0.717, 1.165) is 16.5 Å². The number of aromatic nitrogens is 3. The largest absolute Gasteiger partial charge is 0.321 e. The van der Waals surface area contributed by atoms with Gasteiger partial charge in [-0.25, -0.2) is 9.97 Å². The number of halogens is 1. The molecule has 2 rings (SSSR count). The van der Waals surface area contributed by atoms with Gasteiger partial charge in [-0.15, -0.1) is 11.3 Å². The molecule has 2 aromatic rings. The number of thiazole rings is 1. The molecule has 0 amide bonds. The lowest BCUT2D eigenvalue weighted by Crippen LogP contribution is -2.21. The Morgan fingerprint density at radius 2 is 2.18 bits per heavy atom. The van der Waals surface area contributed by atoms with Gasteiger partial charge in [-0.2, -0.15) is 0 Å². The summed E-state index contributed by atoms with van der Waals surface area (Å²) in [6.07, 6.45) is 1.66. The Balaban J connectivity index is 2.43. The van der Waals surface area contributed by atoms with E-state index in [4.69, 9.17) is 11.6 Å². The van der Waals surface area contributed by atoms with Crippen LogP contribution < -0.4 is 5.32 Å². The molecule has 1 atom stereocenters. The topological polar surface area (TPSA) is 42.7 Å². The van der Waals surface area contributed by atoms with Crippen molar-refractivity contribution in [2.24, 2.45) is 7.05 Å². The average molecular weight is 271 g/mol. The van der Waals surface area contributed by atoms with Crippen LogP contribution in [0.4, 0.5) is 0 Å². The van der Waals surface area contributed by atoms with Gasteiger partial charge in [0.2, 0.25) is 0 Å². The van der Waals surface area contributed by atoms with Crippen molar-refractivity contribution in [3.8, 4) is 0 Å². The van der Waals surface area contributed by atoms with Gasteiger partial charge in [0.1, 0.15) is 22.0 Å². The summed E-state index contributed by atoms with van der Waals surface area (Å²) < 4.78 is 1.87. The predicted octanol–water partition coefficient (Wildman–Crippen LogP) is 2.46.